The van der Waals surface area contributed by atoms with Crippen LogP contribution in [0.3, 0.4) is 0 Å². The molecule has 0 aliphatic heterocycles. The highest BCUT2D eigenvalue weighted by Gasteiger charge is 2.24. The molecule has 8 heteroatoms. The Balaban J connectivity index is 2.36. The van der Waals surface area contributed by atoms with Crippen molar-refractivity contribution >= 4 is 13.6 Å². The van der Waals surface area contributed by atoms with Gasteiger partial charge in [-0.3, -0.25) is 13.8 Å². The molecule has 250 valence electrons. The molecule has 0 fully saturated rings. The molecule has 0 amide bonds. The number of unbranched alkanes of at least 4 members (excludes halogenated alkanes) is 12. The number of rotatable bonds is 29. The molecular formula is C35H65NO6P+. The fourth-order valence-corrected chi connectivity index (χ4v) is 6.02. The number of nitrogens with zero attached hydrogens (tertiary/aromatic N) is 1. The lowest BCUT2D eigenvalue weighted by Crippen LogP contribution is -2.35. The van der Waals surface area contributed by atoms with Crippen LogP contribution < -0.4 is 4.74 Å². The van der Waals surface area contributed by atoms with Gasteiger partial charge < -0.3 is 14.1 Å². The van der Waals surface area contributed by atoms with E-state index in [9.17, 15) is 14.3 Å². The second kappa shape index (κ2) is 24.1. The van der Waals surface area contributed by atoms with E-state index in [4.69, 9.17) is 13.8 Å². The maximum atomic E-state index is 12.5. The monoisotopic (exact) mass is 626 g/mol. The van der Waals surface area contributed by atoms with Crippen LogP contribution in [-0.4, -0.2) is 62.7 Å². The summed E-state index contributed by atoms with van der Waals surface area (Å²) in [5, 5.41) is 0. The van der Waals surface area contributed by atoms with Gasteiger partial charge in [0, 0.05) is 12.8 Å². The summed E-state index contributed by atoms with van der Waals surface area (Å²) in [5.41, 5.74) is 1.05. The zero-order chi connectivity index (χ0) is 31.8. The zero-order valence-electron chi connectivity index (χ0n) is 28.3. The number of quaternary nitrogens is 1. The maximum Gasteiger partial charge on any atom is 0.472 e. The molecule has 2 atom stereocenters. The van der Waals surface area contributed by atoms with Gasteiger partial charge in [0.15, 0.2) is 0 Å². The summed E-state index contributed by atoms with van der Waals surface area (Å²) in [4.78, 5) is 22.6. The van der Waals surface area contributed by atoms with Crippen molar-refractivity contribution < 1.29 is 32.5 Å². The number of carbonyl (C=O) groups excluding carboxylic acids is 1. The molecule has 0 spiro atoms. The van der Waals surface area contributed by atoms with Crippen molar-refractivity contribution in [3.8, 4) is 5.75 Å². The van der Waals surface area contributed by atoms with Crippen LogP contribution in [0.2, 0.25) is 0 Å². The van der Waals surface area contributed by atoms with Crippen molar-refractivity contribution in [3.05, 3.63) is 29.8 Å². The smallest absolute Gasteiger partial charge is 0.472 e. The molecule has 0 aromatic heterocycles. The molecule has 1 aromatic carbocycles. The van der Waals surface area contributed by atoms with Gasteiger partial charge in [-0.2, -0.15) is 0 Å². The summed E-state index contributed by atoms with van der Waals surface area (Å²) >= 11 is 0. The van der Waals surface area contributed by atoms with E-state index < -0.39 is 7.82 Å². The van der Waals surface area contributed by atoms with E-state index in [1.165, 1.54) is 70.6 Å². The second-order valence-corrected chi connectivity index (χ2v) is 14.7. The molecule has 0 saturated carbocycles. The second-order valence-electron chi connectivity index (χ2n) is 13.3. The number of benzene rings is 1. The van der Waals surface area contributed by atoms with E-state index in [2.05, 4.69) is 28.1 Å². The van der Waals surface area contributed by atoms with Crippen LogP contribution in [0.1, 0.15) is 129 Å². The first-order chi connectivity index (χ1) is 20.5. The number of carbonyl (C=O) groups is 1. The van der Waals surface area contributed by atoms with Gasteiger partial charge in [0.25, 0.3) is 0 Å². The first kappa shape index (κ1) is 39.8. The summed E-state index contributed by atoms with van der Waals surface area (Å²) in [6, 6.07) is 7.96. The number of Topliss-reactive ketones (excluding diaryl/α,β-unsaturated/α-hetero) is 1. The van der Waals surface area contributed by atoms with Crippen molar-refractivity contribution in [1.29, 1.82) is 0 Å². The van der Waals surface area contributed by atoms with Gasteiger partial charge in [-0.05, 0) is 55.7 Å². The molecule has 0 heterocycles. The van der Waals surface area contributed by atoms with Gasteiger partial charge in [0.1, 0.15) is 11.5 Å². The minimum absolute atomic E-state index is 0.000672. The summed E-state index contributed by atoms with van der Waals surface area (Å²) in [7, 11) is 2.17. The first-order valence-electron chi connectivity index (χ1n) is 17.2. The average Bonchev–Trinajstić information content (AvgIpc) is 2.94. The Labute approximate surface area is 264 Å². The molecule has 0 bridgehead atoms. The molecule has 1 N–H and O–H groups in total. The van der Waals surface area contributed by atoms with Crippen molar-refractivity contribution in [3.63, 3.8) is 0 Å². The van der Waals surface area contributed by atoms with Crippen LogP contribution in [-0.2, 0) is 24.8 Å². The summed E-state index contributed by atoms with van der Waals surface area (Å²) in [5.74, 6) is 0.793. The van der Waals surface area contributed by atoms with Crippen LogP contribution in [0, 0.1) is 5.92 Å². The topological polar surface area (TPSA) is 82.1 Å². The molecule has 0 radical (unpaired) electrons. The third-order valence-electron chi connectivity index (χ3n) is 7.71. The van der Waals surface area contributed by atoms with Gasteiger partial charge in [0.05, 0.1) is 47.5 Å². The third kappa shape index (κ3) is 23.8. The maximum absolute atomic E-state index is 12.5. The quantitative estimate of drug-likeness (QED) is 0.0542. The zero-order valence-corrected chi connectivity index (χ0v) is 29.2. The normalized spacial score (nSPS) is 14.0. The number of hydrogen-bond donors (Lipinski definition) is 1. The summed E-state index contributed by atoms with van der Waals surface area (Å²) < 4.78 is 29.8. The highest BCUT2D eigenvalue weighted by atomic mass is 31.2. The number of ketones is 1. The van der Waals surface area contributed by atoms with E-state index in [1.54, 1.807) is 0 Å². The third-order valence-corrected chi connectivity index (χ3v) is 8.69. The summed E-state index contributed by atoms with van der Waals surface area (Å²) in [6.07, 6.45) is 19.7. The highest BCUT2D eigenvalue weighted by Crippen LogP contribution is 2.44. The van der Waals surface area contributed by atoms with Crippen molar-refractivity contribution in [2.45, 2.75) is 129 Å². The van der Waals surface area contributed by atoms with Gasteiger partial charge in [-0.1, -0.05) is 96.6 Å². The molecular weight excluding hydrogens is 561 g/mol. The number of hydrogen-bond acceptors (Lipinski definition) is 5. The minimum atomic E-state index is -4.17. The molecule has 2 unspecified atom stereocenters. The van der Waals surface area contributed by atoms with Crippen molar-refractivity contribution in [2.24, 2.45) is 5.92 Å². The van der Waals surface area contributed by atoms with Crippen molar-refractivity contribution in [1.82, 2.24) is 0 Å². The highest BCUT2D eigenvalue weighted by molar-refractivity contribution is 7.47. The Morgan fingerprint density at radius 1 is 0.767 bits per heavy atom. The van der Waals surface area contributed by atoms with E-state index in [0.717, 1.165) is 48.2 Å². The Hall–Kier alpha value is -1.24. The summed E-state index contributed by atoms with van der Waals surface area (Å²) in [6.45, 7) is 6.11. The molecule has 0 aliphatic carbocycles. The average molecular weight is 627 g/mol. The van der Waals surface area contributed by atoms with Crippen LogP contribution in [0.4, 0.5) is 0 Å². The number of ether oxygens (including phenoxy) is 1. The van der Waals surface area contributed by atoms with E-state index in [1.807, 2.05) is 31.2 Å². The lowest BCUT2D eigenvalue weighted by Gasteiger charge is -2.23. The molecule has 0 saturated heterocycles. The fourth-order valence-electron chi connectivity index (χ4n) is 5.19. The molecule has 1 aromatic rings. The SMILES string of the molecule is CCCCCCCCCCCCCCOc1ccc(CC(COP(=O)(O)OCCCC[N+](C)(C)C)CC(=O)CCC)cc1. The van der Waals surface area contributed by atoms with Gasteiger partial charge in [0.2, 0.25) is 0 Å². The lowest BCUT2D eigenvalue weighted by atomic mass is 9.94. The van der Waals surface area contributed by atoms with Crippen LogP contribution in [0.5, 0.6) is 5.75 Å². The van der Waals surface area contributed by atoms with Gasteiger partial charge >= 0.3 is 7.82 Å². The van der Waals surface area contributed by atoms with Gasteiger partial charge in [-0.15, -0.1) is 0 Å². The Kier molecular flexibility index (Phi) is 22.3. The number of phosphoric ester groups is 1. The largest absolute Gasteiger partial charge is 0.494 e. The predicted molar refractivity (Wildman–Crippen MR) is 179 cm³/mol. The Bertz CT molecular complexity index is 870. The standard InChI is InChI=1S/C35H64NO6P/c1-6-8-9-10-11-12-13-14-15-16-17-19-27-40-35-24-22-32(23-25-35)29-33(30-34(37)21-7-2)31-42-43(38,39)41-28-20-18-26-36(3,4)5/h22-25,33H,6-21,26-31H2,1-5H3/p+1. The van der Waals surface area contributed by atoms with Crippen molar-refractivity contribution in [2.75, 3.05) is 47.5 Å². The predicted octanol–water partition coefficient (Wildman–Crippen LogP) is 9.30. The van der Waals surface area contributed by atoms with E-state index in [-0.39, 0.29) is 24.9 Å². The van der Waals surface area contributed by atoms with Crippen LogP contribution in [0.25, 0.3) is 0 Å². The van der Waals surface area contributed by atoms with Crippen LogP contribution >= 0.6 is 7.82 Å². The fraction of sp³-hybridized carbons (Fsp3) is 0.800. The van der Waals surface area contributed by atoms with E-state index in [0.29, 0.717) is 25.7 Å². The minimum Gasteiger partial charge on any atom is -0.494 e. The Morgan fingerprint density at radius 3 is 1.88 bits per heavy atom. The van der Waals surface area contributed by atoms with Crippen LogP contribution in [0.15, 0.2) is 24.3 Å². The molecule has 0 aliphatic rings. The van der Waals surface area contributed by atoms with E-state index >= 15 is 0 Å². The molecule has 43 heavy (non-hydrogen) atoms. The van der Waals surface area contributed by atoms with Gasteiger partial charge in [-0.25, -0.2) is 4.57 Å². The Morgan fingerprint density at radius 2 is 1.33 bits per heavy atom. The lowest BCUT2D eigenvalue weighted by molar-refractivity contribution is -0.870. The molecule has 1 rings (SSSR count). The number of phosphoric acid groups is 1. The molecule has 7 nitrogen and oxygen atoms in total. The first-order valence-corrected chi connectivity index (χ1v) is 18.7.